The van der Waals surface area contributed by atoms with Crippen LogP contribution in [-0.2, 0) is 4.79 Å². The van der Waals surface area contributed by atoms with Gasteiger partial charge >= 0.3 is 6.03 Å². The molecule has 1 aromatic carbocycles. The summed E-state index contributed by atoms with van der Waals surface area (Å²) in [5.41, 5.74) is 2.29. The second-order valence-electron chi connectivity index (χ2n) is 5.44. The van der Waals surface area contributed by atoms with Crippen LogP contribution in [-0.4, -0.2) is 19.0 Å². The molecule has 1 unspecified atom stereocenters. The van der Waals surface area contributed by atoms with Crippen molar-refractivity contribution in [2.75, 3.05) is 7.05 Å². The number of hydrogen-bond donors (Lipinski definition) is 2. The molecular formula is C16H22N2O2. The van der Waals surface area contributed by atoms with Crippen molar-refractivity contribution in [2.24, 2.45) is 0 Å². The molecule has 3 amide bonds. The third-order valence-corrected chi connectivity index (χ3v) is 4.09. The minimum Gasteiger partial charge on any atom is -0.341 e. The first kappa shape index (κ1) is 14.6. The largest absolute Gasteiger partial charge is 0.341 e. The van der Waals surface area contributed by atoms with Gasteiger partial charge in [-0.2, -0.15) is 0 Å². The summed E-state index contributed by atoms with van der Waals surface area (Å²) < 4.78 is 0. The Bertz CT molecular complexity index is 493. The van der Waals surface area contributed by atoms with Crippen molar-refractivity contribution in [2.45, 2.75) is 44.4 Å². The minimum absolute atomic E-state index is 0.270. The molecule has 0 aliphatic heterocycles. The van der Waals surface area contributed by atoms with Crippen molar-refractivity contribution in [1.29, 1.82) is 0 Å². The number of benzene rings is 1. The second kappa shape index (κ2) is 6.55. The summed E-state index contributed by atoms with van der Waals surface area (Å²) in [7, 11) is 1.49. The molecule has 2 rings (SSSR count). The van der Waals surface area contributed by atoms with Gasteiger partial charge in [-0.1, -0.05) is 37.1 Å². The summed E-state index contributed by atoms with van der Waals surface area (Å²) in [6.07, 6.45) is 5.06. The molecule has 108 valence electrons. The van der Waals surface area contributed by atoms with Gasteiger partial charge in [0.05, 0.1) is 5.92 Å². The summed E-state index contributed by atoms with van der Waals surface area (Å²) in [5.74, 6) is 0.0331. The van der Waals surface area contributed by atoms with Crippen molar-refractivity contribution >= 4 is 11.9 Å². The van der Waals surface area contributed by atoms with Gasteiger partial charge < -0.3 is 5.32 Å². The van der Waals surface area contributed by atoms with E-state index in [9.17, 15) is 9.59 Å². The Morgan fingerprint density at radius 1 is 1.25 bits per heavy atom. The van der Waals surface area contributed by atoms with E-state index < -0.39 is 6.03 Å². The Balaban J connectivity index is 2.09. The van der Waals surface area contributed by atoms with E-state index in [1.807, 2.05) is 19.1 Å². The van der Waals surface area contributed by atoms with Crippen LogP contribution < -0.4 is 10.6 Å². The molecule has 0 saturated heterocycles. The van der Waals surface area contributed by atoms with Gasteiger partial charge in [-0.25, -0.2) is 4.79 Å². The third kappa shape index (κ3) is 3.38. The summed E-state index contributed by atoms with van der Waals surface area (Å²) in [5, 5.41) is 4.72. The first-order valence-corrected chi connectivity index (χ1v) is 7.24. The van der Waals surface area contributed by atoms with Crippen molar-refractivity contribution in [3.05, 3.63) is 35.4 Å². The Morgan fingerprint density at radius 3 is 2.60 bits per heavy atom. The number of amides is 3. The standard InChI is InChI=1S/C16H22N2O2/c1-11(15(19)18-16(20)17-2)13-8-5-9-14(10-13)12-6-3-4-7-12/h5,8-12H,3-4,6-7H2,1-2H3,(H2,17,18,19,20). The number of carbonyl (C=O) groups is 2. The second-order valence-corrected chi connectivity index (χ2v) is 5.44. The fourth-order valence-corrected chi connectivity index (χ4v) is 2.78. The van der Waals surface area contributed by atoms with Crippen molar-refractivity contribution in [3.8, 4) is 0 Å². The molecule has 0 bridgehead atoms. The molecule has 1 aromatic rings. The highest BCUT2D eigenvalue weighted by molar-refractivity contribution is 5.97. The lowest BCUT2D eigenvalue weighted by Gasteiger charge is -2.15. The monoisotopic (exact) mass is 274 g/mol. The van der Waals surface area contributed by atoms with Crippen LogP contribution in [0.15, 0.2) is 24.3 Å². The number of nitrogens with one attached hydrogen (secondary N) is 2. The molecule has 0 spiro atoms. The lowest BCUT2D eigenvalue weighted by molar-refractivity contribution is -0.121. The lowest BCUT2D eigenvalue weighted by Crippen LogP contribution is -2.39. The molecule has 0 aromatic heterocycles. The number of rotatable bonds is 3. The predicted molar refractivity (Wildman–Crippen MR) is 78.7 cm³/mol. The van der Waals surface area contributed by atoms with Crippen LogP contribution in [0, 0.1) is 0 Å². The van der Waals surface area contributed by atoms with E-state index in [0.717, 1.165) is 5.56 Å². The molecule has 4 heteroatoms. The Labute approximate surface area is 119 Å². The first-order chi connectivity index (χ1) is 9.61. The van der Waals surface area contributed by atoms with Gasteiger partial charge in [-0.3, -0.25) is 10.1 Å². The van der Waals surface area contributed by atoms with Gasteiger partial charge in [0.15, 0.2) is 0 Å². The van der Waals surface area contributed by atoms with Gasteiger partial charge in [0, 0.05) is 7.05 Å². The average molecular weight is 274 g/mol. The number of urea groups is 1. The van der Waals surface area contributed by atoms with E-state index in [2.05, 4.69) is 22.8 Å². The zero-order chi connectivity index (χ0) is 14.5. The molecule has 1 aliphatic carbocycles. The topological polar surface area (TPSA) is 58.2 Å². The highest BCUT2D eigenvalue weighted by Crippen LogP contribution is 2.35. The third-order valence-electron chi connectivity index (χ3n) is 4.09. The van der Waals surface area contributed by atoms with Crippen LogP contribution >= 0.6 is 0 Å². The average Bonchev–Trinajstić information content (AvgIpc) is 3.00. The maximum Gasteiger partial charge on any atom is 0.321 e. The molecular weight excluding hydrogens is 252 g/mol. The SMILES string of the molecule is CNC(=O)NC(=O)C(C)c1cccc(C2CCCC2)c1. The number of carbonyl (C=O) groups excluding carboxylic acids is 2. The van der Waals surface area contributed by atoms with Gasteiger partial charge in [-0.15, -0.1) is 0 Å². The highest BCUT2D eigenvalue weighted by Gasteiger charge is 2.20. The zero-order valence-electron chi connectivity index (χ0n) is 12.1. The van der Waals surface area contributed by atoms with Gasteiger partial charge in [-0.05, 0) is 36.8 Å². The van der Waals surface area contributed by atoms with Crippen LogP contribution in [0.1, 0.15) is 55.6 Å². The number of hydrogen-bond acceptors (Lipinski definition) is 2. The quantitative estimate of drug-likeness (QED) is 0.890. The van der Waals surface area contributed by atoms with E-state index in [0.29, 0.717) is 5.92 Å². The summed E-state index contributed by atoms with van der Waals surface area (Å²) >= 11 is 0. The maximum atomic E-state index is 12.0. The highest BCUT2D eigenvalue weighted by atomic mass is 16.2. The normalized spacial score (nSPS) is 16.7. The number of imide groups is 1. The van der Waals surface area contributed by atoms with Gasteiger partial charge in [0.2, 0.25) is 5.91 Å². The summed E-state index contributed by atoms with van der Waals surface area (Å²) in [6.45, 7) is 1.83. The van der Waals surface area contributed by atoms with Gasteiger partial charge in [0.1, 0.15) is 0 Å². The molecule has 1 atom stereocenters. The smallest absolute Gasteiger partial charge is 0.321 e. The molecule has 0 radical (unpaired) electrons. The van der Waals surface area contributed by atoms with Crippen LogP contribution in [0.4, 0.5) is 4.79 Å². The van der Waals surface area contributed by atoms with E-state index in [1.165, 1.54) is 38.3 Å². The minimum atomic E-state index is -0.464. The fraction of sp³-hybridized carbons (Fsp3) is 0.500. The van der Waals surface area contributed by atoms with Crippen LogP contribution in [0.5, 0.6) is 0 Å². The molecule has 2 N–H and O–H groups in total. The van der Waals surface area contributed by atoms with Crippen molar-refractivity contribution < 1.29 is 9.59 Å². The Morgan fingerprint density at radius 2 is 1.95 bits per heavy atom. The van der Waals surface area contributed by atoms with E-state index in [-0.39, 0.29) is 11.8 Å². The van der Waals surface area contributed by atoms with E-state index in [1.54, 1.807) is 0 Å². The Kier molecular flexibility index (Phi) is 4.77. The zero-order valence-corrected chi connectivity index (χ0v) is 12.1. The van der Waals surface area contributed by atoms with E-state index in [4.69, 9.17) is 0 Å². The van der Waals surface area contributed by atoms with Crippen LogP contribution in [0.25, 0.3) is 0 Å². The van der Waals surface area contributed by atoms with Crippen LogP contribution in [0.3, 0.4) is 0 Å². The van der Waals surface area contributed by atoms with E-state index >= 15 is 0 Å². The molecule has 4 nitrogen and oxygen atoms in total. The fourth-order valence-electron chi connectivity index (χ4n) is 2.78. The van der Waals surface area contributed by atoms with Crippen LogP contribution in [0.2, 0.25) is 0 Å². The Hall–Kier alpha value is -1.84. The van der Waals surface area contributed by atoms with Crippen molar-refractivity contribution in [1.82, 2.24) is 10.6 Å². The lowest BCUT2D eigenvalue weighted by atomic mass is 9.92. The molecule has 20 heavy (non-hydrogen) atoms. The summed E-state index contributed by atoms with van der Waals surface area (Å²) in [4.78, 5) is 23.2. The first-order valence-electron chi connectivity index (χ1n) is 7.24. The van der Waals surface area contributed by atoms with Gasteiger partial charge in [0.25, 0.3) is 0 Å². The van der Waals surface area contributed by atoms with Crippen molar-refractivity contribution in [3.63, 3.8) is 0 Å². The maximum absolute atomic E-state index is 12.0. The molecule has 1 aliphatic rings. The molecule has 0 heterocycles. The molecule has 1 saturated carbocycles. The summed E-state index contributed by atoms with van der Waals surface area (Å²) in [6, 6.07) is 7.75. The predicted octanol–water partition coefficient (Wildman–Crippen LogP) is 2.90. The molecule has 1 fully saturated rings.